The fourth-order valence-corrected chi connectivity index (χ4v) is 5.31. The van der Waals surface area contributed by atoms with E-state index in [1.165, 1.54) is 25.1 Å². The number of carbonyl (C=O) groups is 4. The van der Waals surface area contributed by atoms with Gasteiger partial charge in [0.05, 0.1) is 10.9 Å². The second kappa shape index (κ2) is 9.44. The quantitative estimate of drug-likeness (QED) is 0.210. The van der Waals surface area contributed by atoms with Crippen LogP contribution in [0.2, 0.25) is 0 Å². The van der Waals surface area contributed by atoms with Crippen molar-refractivity contribution in [2.75, 3.05) is 0 Å². The summed E-state index contributed by atoms with van der Waals surface area (Å²) in [6, 6.07) is 3.81. The third kappa shape index (κ3) is 4.12. The van der Waals surface area contributed by atoms with Crippen molar-refractivity contribution < 1.29 is 48.0 Å². The first kappa shape index (κ1) is 27.1. The smallest absolute Gasteiger partial charge is 0.334 e. The van der Waals surface area contributed by atoms with Crippen LogP contribution in [0.25, 0.3) is 16.3 Å². The molecule has 13 nitrogen and oxygen atoms in total. The van der Waals surface area contributed by atoms with Crippen molar-refractivity contribution in [2.45, 2.75) is 58.5 Å². The van der Waals surface area contributed by atoms with Crippen LogP contribution in [0.1, 0.15) is 58.0 Å². The third-order valence-electron chi connectivity index (χ3n) is 6.51. The number of aromatic hydroxyl groups is 1. The molecular weight excluding hydrogens is 516 g/mol. The number of benzene rings is 1. The van der Waals surface area contributed by atoms with Gasteiger partial charge < -0.3 is 29.6 Å². The highest BCUT2D eigenvalue weighted by Crippen LogP contribution is 2.49. The maximum absolute atomic E-state index is 13.8. The van der Waals surface area contributed by atoms with Gasteiger partial charge >= 0.3 is 29.2 Å². The van der Waals surface area contributed by atoms with Crippen molar-refractivity contribution in [3.63, 3.8) is 0 Å². The normalized spacial score (nSPS) is 22.0. The molecule has 39 heavy (non-hydrogen) atoms. The first-order valence-corrected chi connectivity index (χ1v) is 11.6. The van der Waals surface area contributed by atoms with Crippen LogP contribution in [0.3, 0.4) is 0 Å². The van der Waals surface area contributed by atoms with Crippen LogP contribution in [-0.2, 0) is 38.1 Å². The summed E-state index contributed by atoms with van der Waals surface area (Å²) < 4.78 is 22.0. The van der Waals surface area contributed by atoms with Crippen LogP contribution >= 0.6 is 0 Å². The number of fused-ring (bicyclic) bond motifs is 3. The van der Waals surface area contributed by atoms with Crippen LogP contribution in [0.15, 0.2) is 27.8 Å². The highest BCUT2D eigenvalue weighted by atomic mass is 16.6. The number of hydrogen-bond acceptors (Lipinski definition) is 11. The van der Waals surface area contributed by atoms with Crippen molar-refractivity contribution in [1.82, 2.24) is 0 Å². The molecule has 1 N–H and O–H groups in total. The first-order valence-electron chi connectivity index (χ1n) is 11.6. The lowest BCUT2D eigenvalue weighted by atomic mass is 9.75. The van der Waals surface area contributed by atoms with E-state index in [1.807, 2.05) is 0 Å². The molecule has 0 amide bonds. The van der Waals surface area contributed by atoms with Crippen LogP contribution in [-0.4, -0.2) is 45.5 Å². The summed E-state index contributed by atoms with van der Waals surface area (Å²) in [6.07, 6.45) is -5.12. The maximum atomic E-state index is 13.8. The Morgan fingerprint density at radius 2 is 1.49 bits per heavy atom. The molecule has 0 aromatic heterocycles. The zero-order valence-corrected chi connectivity index (χ0v) is 21.4. The minimum Gasteiger partial charge on any atom is -0.507 e. The summed E-state index contributed by atoms with van der Waals surface area (Å²) in [5.74, 6) is -4.18. The molecule has 0 spiro atoms. The topological polar surface area (TPSA) is 196 Å². The molecule has 1 aromatic carbocycles. The fraction of sp³-hybridized carbons (Fsp3) is 0.346. The second-order valence-corrected chi connectivity index (χ2v) is 9.21. The van der Waals surface area contributed by atoms with E-state index in [0.29, 0.717) is 0 Å². The Morgan fingerprint density at radius 3 is 2.03 bits per heavy atom. The van der Waals surface area contributed by atoms with E-state index in [1.54, 1.807) is 0 Å². The summed E-state index contributed by atoms with van der Waals surface area (Å²) in [4.78, 5) is 79.7. The molecule has 4 atom stereocenters. The number of ether oxygens (including phenoxy) is 4. The van der Waals surface area contributed by atoms with Crippen LogP contribution in [0.5, 0.6) is 5.75 Å². The average Bonchev–Trinajstić information content (AvgIpc) is 3.16. The Labute approximate surface area is 218 Å². The van der Waals surface area contributed by atoms with E-state index < -0.39 is 75.0 Å². The molecule has 202 valence electrons. The van der Waals surface area contributed by atoms with Gasteiger partial charge in [-0.2, -0.15) is 4.79 Å². The highest BCUT2D eigenvalue weighted by molar-refractivity contribution is 5.88. The lowest BCUT2D eigenvalue weighted by Gasteiger charge is -2.46. The van der Waals surface area contributed by atoms with Gasteiger partial charge in [-0.05, 0) is 13.0 Å². The van der Waals surface area contributed by atoms with Crippen LogP contribution in [0.4, 0.5) is 0 Å². The maximum Gasteiger partial charge on any atom is 0.334 e. The molecule has 0 unspecified atom stereocenters. The van der Waals surface area contributed by atoms with Crippen LogP contribution < -0.4 is 16.2 Å². The Morgan fingerprint density at radius 1 is 0.872 bits per heavy atom. The Bertz CT molecular complexity index is 1830. The van der Waals surface area contributed by atoms with E-state index in [0.717, 1.165) is 27.7 Å². The minimum absolute atomic E-state index is 0.201. The molecule has 3 aliphatic carbocycles. The van der Waals surface area contributed by atoms with E-state index in [2.05, 4.69) is 4.79 Å². The Hall–Kier alpha value is -4.90. The number of rotatable bonds is 4. The summed E-state index contributed by atoms with van der Waals surface area (Å²) >= 11 is 0. The first-order chi connectivity index (χ1) is 18.2. The van der Waals surface area contributed by atoms with E-state index in [9.17, 15) is 39.4 Å². The molecule has 0 aliphatic heterocycles. The van der Waals surface area contributed by atoms with E-state index in [-0.39, 0.29) is 27.1 Å². The van der Waals surface area contributed by atoms with Crippen molar-refractivity contribution in [1.29, 1.82) is 0 Å². The van der Waals surface area contributed by atoms with Crippen molar-refractivity contribution in [2.24, 2.45) is 0 Å². The van der Waals surface area contributed by atoms with Gasteiger partial charge in [-0.15, -0.1) is 0 Å². The van der Waals surface area contributed by atoms with Gasteiger partial charge in [0.1, 0.15) is 11.0 Å². The van der Waals surface area contributed by atoms with Gasteiger partial charge in [-0.1, -0.05) is 12.1 Å². The van der Waals surface area contributed by atoms with Gasteiger partial charge in [0, 0.05) is 43.9 Å². The molecule has 0 fully saturated rings. The molecule has 3 aliphatic rings. The Kier molecular flexibility index (Phi) is 6.57. The van der Waals surface area contributed by atoms with Gasteiger partial charge in [0.25, 0.3) is 0 Å². The largest absolute Gasteiger partial charge is 0.507 e. The fourth-order valence-electron chi connectivity index (χ4n) is 5.31. The van der Waals surface area contributed by atoms with Gasteiger partial charge in [-0.25, -0.2) is 0 Å². The summed E-state index contributed by atoms with van der Waals surface area (Å²) in [7, 11) is 0. The number of carbonyl (C=O) groups excluding carboxylic acids is 4. The molecule has 4 rings (SSSR count). The highest BCUT2D eigenvalue weighted by Gasteiger charge is 2.61. The molecule has 0 saturated heterocycles. The standard InChI is InChI=1S/C26H22N2O11/c1-9(29)36-23-17-16-18(22(35)15-13(21(16)34)7-6-8-14(15)33)20(28-27)19(17)24(37-10(2)30)26(5,39-12(4)32)25(23)38-11(3)31/h6-8,23-25,33H,1-5H3/t23-,24+,25+,26+/m0/s1. The molecule has 13 heteroatoms. The van der Waals surface area contributed by atoms with E-state index >= 15 is 0 Å². The second-order valence-electron chi connectivity index (χ2n) is 9.21. The minimum atomic E-state index is -2.12. The SMILES string of the molecule is CC(=O)O[C@@H]1c2c(c3c(=O)c4cccc(O)c4c(=O)c=3c2=[N+]=[N-])[C@H](OC(C)=O)[C@@H](OC(C)=O)[C@]1(C)OC(C)=O. The predicted octanol–water partition coefficient (Wildman–Crippen LogP) is 0.472. The number of phenolic OH excluding ortho intramolecular Hbond substituents is 1. The predicted molar refractivity (Wildman–Crippen MR) is 127 cm³/mol. The zero-order valence-electron chi connectivity index (χ0n) is 21.4. The van der Waals surface area contributed by atoms with Gasteiger partial charge in [-0.3, -0.25) is 28.8 Å². The molecular formula is C26H22N2O11. The zero-order chi connectivity index (χ0) is 29.0. The number of hydrogen-bond donors (Lipinski definition) is 1. The summed E-state index contributed by atoms with van der Waals surface area (Å²) in [6.45, 7) is 5.33. The van der Waals surface area contributed by atoms with Gasteiger partial charge in [0.2, 0.25) is 5.43 Å². The van der Waals surface area contributed by atoms with Crippen molar-refractivity contribution in [3.8, 4) is 5.75 Å². The number of phenols is 1. The molecule has 0 radical (unpaired) electrons. The monoisotopic (exact) mass is 538 g/mol. The lowest BCUT2D eigenvalue weighted by Crippen LogP contribution is -2.58. The molecule has 0 bridgehead atoms. The Balaban J connectivity index is 2.36. The average molecular weight is 538 g/mol. The van der Waals surface area contributed by atoms with Crippen molar-refractivity contribution in [3.05, 3.63) is 71.1 Å². The van der Waals surface area contributed by atoms with Crippen molar-refractivity contribution >= 4 is 34.6 Å². The number of esters is 4. The number of nitrogens with zero attached hydrogens (tertiary/aromatic N) is 2. The van der Waals surface area contributed by atoms with E-state index in [4.69, 9.17) is 18.9 Å². The molecule has 0 saturated carbocycles. The summed E-state index contributed by atoms with van der Waals surface area (Å²) in [5.41, 5.74) is 5.71. The summed E-state index contributed by atoms with van der Waals surface area (Å²) in [5, 5.41) is 8.40. The molecule has 1 aromatic rings. The van der Waals surface area contributed by atoms with Crippen LogP contribution in [0, 0.1) is 10.4 Å². The van der Waals surface area contributed by atoms with Gasteiger partial charge in [0.15, 0.2) is 29.3 Å². The third-order valence-corrected chi connectivity index (χ3v) is 6.51. The molecule has 0 heterocycles. The lowest BCUT2D eigenvalue weighted by molar-refractivity contribution is -0.234.